The van der Waals surface area contributed by atoms with Gasteiger partial charge in [-0.2, -0.15) is 0 Å². The van der Waals surface area contributed by atoms with E-state index in [1.165, 1.54) is 38.5 Å². The predicted octanol–water partition coefficient (Wildman–Crippen LogP) is 5.32. The number of benzene rings is 3. The van der Waals surface area contributed by atoms with Gasteiger partial charge in [0.15, 0.2) is 5.82 Å². The first kappa shape index (κ1) is 22.5. The number of nitrogens with one attached hydrogen (secondary N) is 1. The molecule has 0 aliphatic rings. The summed E-state index contributed by atoms with van der Waals surface area (Å²) in [5.74, 6) is 0.358. The number of thioether (sulfide) groups is 1. The summed E-state index contributed by atoms with van der Waals surface area (Å²) in [6, 6.07) is 15.0. The molecule has 0 saturated heterocycles. The van der Waals surface area contributed by atoms with E-state index in [4.69, 9.17) is 9.47 Å². The first-order valence-electron chi connectivity index (χ1n) is 9.84. The van der Waals surface area contributed by atoms with Gasteiger partial charge < -0.3 is 14.8 Å². The van der Waals surface area contributed by atoms with Crippen LogP contribution >= 0.6 is 11.8 Å². The number of aromatic nitrogens is 2. The molecule has 0 radical (unpaired) electrons. The third kappa shape index (κ3) is 5.38. The minimum atomic E-state index is -0.435. The van der Waals surface area contributed by atoms with Crippen molar-refractivity contribution in [3.63, 3.8) is 0 Å². The van der Waals surface area contributed by atoms with E-state index in [1.807, 2.05) is 0 Å². The molecule has 4 rings (SSSR count). The summed E-state index contributed by atoms with van der Waals surface area (Å²) in [4.78, 5) is 21.6. The van der Waals surface area contributed by atoms with Gasteiger partial charge >= 0.3 is 0 Å². The lowest BCUT2D eigenvalue weighted by atomic mass is 10.2. The van der Waals surface area contributed by atoms with Gasteiger partial charge in [0.05, 0.1) is 25.5 Å². The minimum absolute atomic E-state index is 0.0189. The molecule has 0 unspecified atom stereocenters. The molecule has 1 N–H and O–H groups in total. The Balaban J connectivity index is 1.59. The van der Waals surface area contributed by atoms with E-state index in [-0.39, 0.29) is 17.5 Å². The standard InChI is InChI=1S/C24H19F2N3O3S/c1-31-18-10-17(11-19(12-18)32-2)27-22(30)13-33-24-20-9-16(26)7-8-21(20)28-23(29-24)14-3-5-15(25)6-4-14/h3-12H,13H2,1-2H3,(H,27,30). The Labute approximate surface area is 193 Å². The highest BCUT2D eigenvalue weighted by molar-refractivity contribution is 8.00. The van der Waals surface area contributed by atoms with Gasteiger partial charge in [0.2, 0.25) is 5.91 Å². The smallest absolute Gasteiger partial charge is 0.234 e. The molecule has 9 heteroatoms. The van der Waals surface area contributed by atoms with Crippen LogP contribution in [-0.2, 0) is 4.79 Å². The number of anilines is 1. The number of ether oxygens (including phenoxy) is 2. The van der Waals surface area contributed by atoms with Crippen molar-refractivity contribution in [3.05, 3.63) is 72.3 Å². The lowest BCUT2D eigenvalue weighted by molar-refractivity contribution is -0.113. The van der Waals surface area contributed by atoms with E-state index >= 15 is 0 Å². The van der Waals surface area contributed by atoms with Crippen molar-refractivity contribution < 1.29 is 23.0 Å². The molecule has 0 bridgehead atoms. The van der Waals surface area contributed by atoms with Crippen LogP contribution in [0.15, 0.2) is 65.7 Å². The topological polar surface area (TPSA) is 73.3 Å². The van der Waals surface area contributed by atoms with Crippen molar-refractivity contribution >= 4 is 34.3 Å². The van der Waals surface area contributed by atoms with E-state index in [1.54, 1.807) is 36.4 Å². The molecule has 0 spiro atoms. The van der Waals surface area contributed by atoms with Gasteiger partial charge in [-0.1, -0.05) is 11.8 Å². The van der Waals surface area contributed by atoms with Crippen LogP contribution in [0, 0.1) is 11.6 Å². The molecule has 0 saturated carbocycles. The number of hydrogen-bond donors (Lipinski definition) is 1. The minimum Gasteiger partial charge on any atom is -0.497 e. The van der Waals surface area contributed by atoms with Crippen LogP contribution in [0.3, 0.4) is 0 Å². The Morgan fingerprint density at radius 1 is 0.909 bits per heavy atom. The molecule has 0 fully saturated rings. The molecule has 0 aliphatic heterocycles. The molecular weight excluding hydrogens is 448 g/mol. The normalized spacial score (nSPS) is 10.8. The molecule has 1 heterocycles. The van der Waals surface area contributed by atoms with Crippen LogP contribution in [0.4, 0.5) is 14.5 Å². The van der Waals surface area contributed by atoms with Gasteiger partial charge in [-0.3, -0.25) is 4.79 Å². The van der Waals surface area contributed by atoms with Crippen LogP contribution in [0.25, 0.3) is 22.3 Å². The van der Waals surface area contributed by atoms with Crippen molar-refractivity contribution in [2.24, 2.45) is 0 Å². The summed E-state index contributed by atoms with van der Waals surface area (Å²) >= 11 is 1.15. The highest BCUT2D eigenvalue weighted by atomic mass is 32.2. The van der Waals surface area contributed by atoms with Crippen LogP contribution in [-0.4, -0.2) is 35.8 Å². The molecule has 168 valence electrons. The first-order chi connectivity index (χ1) is 15.9. The van der Waals surface area contributed by atoms with Gasteiger partial charge in [0.25, 0.3) is 0 Å². The van der Waals surface area contributed by atoms with Gasteiger partial charge in [-0.05, 0) is 42.5 Å². The monoisotopic (exact) mass is 467 g/mol. The van der Waals surface area contributed by atoms with E-state index in [9.17, 15) is 13.6 Å². The molecular formula is C24H19F2N3O3S. The highest BCUT2D eigenvalue weighted by Gasteiger charge is 2.14. The molecule has 0 aliphatic carbocycles. The Hall–Kier alpha value is -3.72. The van der Waals surface area contributed by atoms with Crippen molar-refractivity contribution in [2.45, 2.75) is 5.03 Å². The average molecular weight is 467 g/mol. The van der Waals surface area contributed by atoms with Crippen molar-refractivity contribution in [1.29, 1.82) is 0 Å². The summed E-state index contributed by atoms with van der Waals surface area (Å²) in [6.45, 7) is 0. The summed E-state index contributed by atoms with van der Waals surface area (Å²) < 4.78 is 37.7. The Morgan fingerprint density at radius 2 is 1.58 bits per heavy atom. The predicted molar refractivity (Wildman–Crippen MR) is 124 cm³/mol. The Morgan fingerprint density at radius 3 is 2.24 bits per heavy atom. The average Bonchev–Trinajstić information content (AvgIpc) is 2.82. The fraction of sp³-hybridized carbons (Fsp3) is 0.125. The lowest BCUT2D eigenvalue weighted by Gasteiger charge is -2.11. The number of amides is 1. The zero-order valence-corrected chi connectivity index (χ0v) is 18.6. The third-order valence-electron chi connectivity index (χ3n) is 4.70. The molecule has 4 aromatic rings. The summed E-state index contributed by atoms with van der Waals surface area (Å²) in [6.07, 6.45) is 0. The van der Waals surface area contributed by atoms with Crippen LogP contribution in [0.1, 0.15) is 0 Å². The number of halogens is 2. The third-order valence-corrected chi connectivity index (χ3v) is 5.69. The largest absolute Gasteiger partial charge is 0.497 e. The molecule has 33 heavy (non-hydrogen) atoms. The maximum absolute atomic E-state index is 13.9. The second kappa shape index (κ2) is 9.83. The van der Waals surface area contributed by atoms with Crippen LogP contribution in [0.5, 0.6) is 11.5 Å². The zero-order chi connectivity index (χ0) is 23.4. The zero-order valence-electron chi connectivity index (χ0n) is 17.8. The molecule has 3 aromatic carbocycles. The Kier molecular flexibility index (Phi) is 6.69. The molecule has 6 nitrogen and oxygen atoms in total. The maximum Gasteiger partial charge on any atom is 0.234 e. The number of methoxy groups -OCH3 is 2. The van der Waals surface area contributed by atoms with E-state index in [0.29, 0.717) is 44.5 Å². The fourth-order valence-electron chi connectivity index (χ4n) is 3.12. The Bertz CT molecular complexity index is 1290. The van der Waals surface area contributed by atoms with E-state index in [0.717, 1.165) is 11.8 Å². The second-order valence-electron chi connectivity index (χ2n) is 6.96. The number of hydrogen-bond acceptors (Lipinski definition) is 6. The van der Waals surface area contributed by atoms with Crippen molar-refractivity contribution in [1.82, 2.24) is 9.97 Å². The molecule has 0 atom stereocenters. The fourth-order valence-corrected chi connectivity index (χ4v) is 3.93. The number of carbonyl (C=O) groups is 1. The van der Waals surface area contributed by atoms with Crippen molar-refractivity contribution in [3.8, 4) is 22.9 Å². The number of carbonyl (C=O) groups excluding carboxylic acids is 1. The van der Waals surface area contributed by atoms with Gasteiger partial charge in [0.1, 0.15) is 28.2 Å². The SMILES string of the molecule is COc1cc(NC(=O)CSc2nc(-c3ccc(F)cc3)nc3ccc(F)cc23)cc(OC)c1. The first-order valence-corrected chi connectivity index (χ1v) is 10.8. The van der Waals surface area contributed by atoms with Crippen molar-refractivity contribution in [2.75, 3.05) is 25.3 Å². The van der Waals surface area contributed by atoms with Gasteiger partial charge in [0, 0.05) is 34.8 Å². The summed E-state index contributed by atoms with van der Waals surface area (Å²) in [5.41, 5.74) is 1.64. The maximum atomic E-state index is 13.9. The number of rotatable bonds is 7. The highest BCUT2D eigenvalue weighted by Crippen LogP contribution is 2.30. The summed E-state index contributed by atoms with van der Waals surface area (Å²) in [7, 11) is 3.04. The molecule has 1 amide bonds. The van der Waals surface area contributed by atoms with E-state index in [2.05, 4.69) is 15.3 Å². The van der Waals surface area contributed by atoms with Gasteiger partial charge in [-0.25, -0.2) is 18.7 Å². The van der Waals surface area contributed by atoms with Gasteiger partial charge in [-0.15, -0.1) is 0 Å². The van der Waals surface area contributed by atoms with Crippen LogP contribution < -0.4 is 14.8 Å². The summed E-state index contributed by atoms with van der Waals surface area (Å²) in [5, 5.41) is 3.72. The number of nitrogens with zero attached hydrogens (tertiary/aromatic N) is 2. The van der Waals surface area contributed by atoms with E-state index < -0.39 is 5.82 Å². The van der Waals surface area contributed by atoms with Crippen LogP contribution in [0.2, 0.25) is 0 Å². The quantitative estimate of drug-likeness (QED) is 0.293. The lowest BCUT2D eigenvalue weighted by Crippen LogP contribution is -2.14. The number of fused-ring (bicyclic) bond motifs is 1. The molecule has 1 aromatic heterocycles. The second-order valence-corrected chi connectivity index (χ2v) is 7.92.